The summed E-state index contributed by atoms with van der Waals surface area (Å²) < 4.78 is 35.7. The van der Waals surface area contributed by atoms with Crippen LogP contribution in [-0.2, 0) is 19.1 Å². The summed E-state index contributed by atoms with van der Waals surface area (Å²) in [5.41, 5.74) is 0.382. The average molecular weight is 495 g/mol. The van der Waals surface area contributed by atoms with Crippen LogP contribution in [0.2, 0.25) is 0 Å². The Balaban J connectivity index is 1.87. The zero-order valence-electron chi connectivity index (χ0n) is 20.6. The van der Waals surface area contributed by atoms with Crippen molar-refractivity contribution in [3.05, 3.63) is 23.8 Å². The molecule has 35 heavy (non-hydrogen) atoms. The zero-order chi connectivity index (χ0) is 26.1. The van der Waals surface area contributed by atoms with E-state index in [4.69, 9.17) is 4.74 Å². The summed E-state index contributed by atoms with van der Waals surface area (Å²) in [6.07, 6.45) is 0.274. The van der Waals surface area contributed by atoms with Gasteiger partial charge in [0.1, 0.15) is 11.6 Å². The molecule has 192 valence electrons. The fourth-order valence-electron chi connectivity index (χ4n) is 4.45. The third-order valence-electron chi connectivity index (χ3n) is 6.25. The number of halogens is 2. The van der Waals surface area contributed by atoms with Crippen LogP contribution in [0.1, 0.15) is 51.5 Å². The number of carbonyl (C=O) groups is 4. The van der Waals surface area contributed by atoms with E-state index in [2.05, 4.69) is 5.32 Å². The maximum absolute atomic E-state index is 15.2. The number of alkyl halides is 2. The first-order chi connectivity index (χ1) is 16.2. The van der Waals surface area contributed by atoms with Crippen LogP contribution >= 0.6 is 0 Å². The first-order valence-corrected chi connectivity index (χ1v) is 11.5. The lowest BCUT2D eigenvalue weighted by Gasteiger charge is -2.39. The van der Waals surface area contributed by atoms with Crippen LogP contribution in [-0.4, -0.2) is 74.0 Å². The molecule has 2 atom stereocenters. The number of carbonyl (C=O) groups excluding carboxylic acids is 4. The molecule has 1 aromatic rings. The number of hydrogen-bond donors (Lipinski definition) is 1. The molecule has 2 fully saturated rings. The molecule has 1 aromatic carbocycles. The lowest BCUT2D eigenvalue weighted by Crippen LogP contribution is -2.51. The molecule has 2 aliphatic heterocycles. The molecule has 0 saturated carbocycles. The topological polar surface area (TPSA) is 99.3 Å². The zero-order valence-corrected chi connectivity index (χ0v) is 20.6. The SMILES string of the molecule is CN(C=O)c1cc(C2CCN(C(=O)OC(C)(C)C)CC2(F)F)ccc1N(C)C1CCC(=O)NC1=O. The molecule has 2 heterocycles. The van der Waals surface area contributed by atoms with Crippen LogP contribution in [0.15, 0.2) is 18.2 Å². The first kappa shape index (κ1) is 26.4. The second kappa shape index (κ2) is 9.79. The fourth-order valence-corrected chi connectivity index (χ4v) is 4.45. The number of likely N-dealkylation sites (tertiary alicyclic amines) is 1. The number of nitrogens with zero attached hydrogens (tertiary/aromatic N) is 3. The Hall–Kier alpha value is -3.24. The molecule has 11 heteroatoms. The normalized spacial score (nSPS) is 22.3. The van der Waals surface area contributed by atoms with Crippen molar-refractivity contribution in [1.82, 2.24) is 10.2 Å². The molecule has 4 amide bonds. The van der Waals surface area contributed by atoms with E-state index >= 15 is 8.78 Å². The van der Waals surface area contributed by atoms with E-state index in [1.165, 1.54) is 18.0 Å². The molecule has 2 aliphatic rings. The number of piperidine rings is 2. The lowest BCUT2D eigenvalue weighted by molar-refractivity contribution is -0.134. The van der Waals surface area contributed by atoms with Gasteiger partial charge in [-0.15, -0.1) is 0 Å². The number of anilines is 2. The maximum Gasteiger partial charge on any atom is 0.410 e. The molecule has 2 unspecified atom stereocenters. The highest BCUT2D eigenvalue weighted by Gasteiger charge is 2.47. The lowest BCUT2D eigenvalue weighted by atomic mass is 9.85. The van der Waals surface area contributed by atoms with Gasteiger partial charge in [-0.3, -0.25) is 19.7 Å². The van der Waals surface area contributed by atoms with Gasteiger partial charge in [-0.25, -0.2) is 13.6 Å². The van der Waals surface area contributed by atoms with Gasteiger partial charge in [0, 0.05) is 27.1 Å². The summed E-state index contributed by atoms with van der Waals surface area (Å²) in [4.78, 5) is 51.7. The summed E-state index contributed by atoms with van der Waals surface area (Å²) >= 11 is 0. The molecule has 1 N–H and O–H groups in total. The van der Waals surface area contributed by atoms with Gasteiger partial charge in [-0.05, 0) is 51.3 Å². The Kier molecular flexibility index (Phi) is 7.37. The van der Waals surface area contributed by atoms with E-state index in [-0.39, 0.29) is 25.3 Å². The molecule has 0 spiro atoms. The minimum atomic E-state index is -3.22. The van der Waals surface area contributed by atoms with Gasteiger partial charge >= 0.3 is 6.09 Å². The van der Waals surface area contributed by atoms with Gasteiger partial charge in [0.05, 0.1) is 23.8 Å². The van der Waals surface area contributed by atoms with Gasteiger partial charge in [0.15, 0.2) is 0 Å². The van der Waals surface area contributed by atoms with Crippen molar-refractivity contribution in [2.45, 2.75) is 63.5 Å². The van der Waals surface area contributed by atoms with Crippen LogP contribution in [0, 0.1) is 0 Å². The molecule has 0 bridgehead atoms. The number of amides is 4. The molecule has 9 nitrogen and oxygen atoms in total. The molecule has 0 aromatic heterocycles. The van der Waals surface area contributed by atoms with Crippen molar-refractivity contribution in [3.63, 3.8) is 0 Å². The second-order valence-electron chi connectivity index (χ2n) is 10.0. The smallest absolute Gasteiger partial charge is 0.410 e. The van der Waals surface area contributed by atoms with Gasteiger partial charge in [-0.1, -0.05) is 6.07 Å². The average Bonchev–Trinajstić information content (AvgIpc) is 2.76. The van der Waals surface area contributed by atoms with Gasteiger partial charge in [-0.2, -0.15) is 0 Å². The monoisotopic (exact) mass is 494 g/mol. The summed E-state index contributed by atoms with van der Waals surface area (Å²) in [5.74, 6) is -5.19. The fraction of sp³-hybridized carbons (Fsp3) is 0.583. The van der Waals surface area contributed by atoms with Crippen LogP contribution in [0.3, 0.4) is 0 Å². The number of benzene rings is 1. The van der Waals surface area contributed by atoms with E-state index in [1.807, 2.05) is 0 Å². The summed E-state index contributed by atoms with van der Waals surface area (Å²) in [6, 6.07) is 4.04. The number of rotatable bonds is 5. The third-order valence-corrected chi connectivity index (χ3v) is 6.25. The number of ether oxygens (including phenoxy) is 1. The van der Waals surface area contributed by atoms with E-state index < -0.39 is 42.0 Å². The summed E-state index contributed by atoms with van der Waals surface area (Å²) in [7, 11) is 3.16. The van der Waals surface area contributed by atoms with E-state index in [0.717, 1.165) is 4.90 Å². The van der Waals surface area contributed by atoms with Crippen LogP contribution in [0.5, 0.6) is 0 Å². The summed E-state index contributed by atoms with van der Waals surface area (Å²) in [5, 5.41) is 2.30. The Morgan fingerprint density at radius 2 is 1.89 bits per heavy atom. The third kappa shape index (κ3) is 5.88. The minimum Gasteiger partial charge on any atom is -0.444 e. The summed E-state index contributed by atoms with van der Waals surface area (Å²) in [6.45, 7) is 4.35. The van der Waals surface area contributed by atoms with Crippen molar-refractivity contribution >= 4 is 35.7 Å². The number of hydrogen-bond acceptors (Lipinski definition) is 6. The predicted octanol–water partition coefficient (Wildman–Crippen LogP) is 2.88. The Morgan fingerprint density at radius 1 is 1.20 bits per heavy atom. The van der Waals surface area contributed by atoms with Crippen molar-refractivity contribution in [2.24, 2.45) is 0 Å². The van der Waals surface area contributed by atoms with Gasteiger partial charge in [0.2, 0.25) is 18.2 Å². The number of imide groups is 1. The maximum atomic E-state index is 15.2. The van der Waals surface area contributed by atoms with Gasteiger partial charge < -0.3 is 19.4 Å². The Labute approximate surface area is 203 Å². The second-order valence-corrected chi connectivity index (χ2v) is 10.0. The highest BCUT2D eigenvalue weighted by Crippen LogP contribution is 2.43. The van der Waals surface area contributed by atoms with E-state index in [1.54, 1.807) is 44.9 Å². The van der Waals surface area contributed by atoms with E-state index in [9.17, 15) is 19.2 Å². The molecular formula is C24H32F2N4O5. The molecule has 0 radical (unpaired) electrons. The van der Waals surface area contributed by atoms with E-state index in [0.29, 0.717) is 29.8 Å². The number of nitrogens with one attached hydrogen (secondary N) is 1. The van der Waals surface area contributed by atoms with Gasteiger partial charge in [0.25, 0.3) is 5.92 Å². The minimum absolute atomic E-state index is 0.0127. The quantitative estimate of drug-likeness (QED) is 0.499. The van der Waals surface area contributed by atoms with Crippen LogP contribution in [0.25, 0.3) is 0 Å². The van der Waals surface area contributed by atoms with Crippen LogP contribution < -0.4 is 15.1 Å². The molecule has 2 saturated heterocycles. The largest absolute Gasteiger partial charge is 0.444 e. The standard InChI is InChI=1S/C24H32F2N4O5/c1-23(2,3)35-22(34)30-11-10-16(24(25,26)13-30)15-6-7-17(19(12-15)28(4)14-31)29(5)18-8-9-20(32)27-21(18)33/h6-7,12,14,16,18H,8-11,13H2,1-5H3,(H,27,32,33). The van der Waals surface area contributed by atoms with Crippen molar-refractivity contribution in [2.75, 3.05) is 37.0 Å². The molecular weight excluding hydrogens is 462 g/mol. The Morgan fingerprint density at radius 3 is 2.46 bits per heavy atom. The highest BCUT2D eigenvalue weighted by molar-refractivity contribution is 6.02. The van der Waals surface area contributed by atoms with Crippen molar-refractivity contribution in [3.8, 4) is 0 Å². The first-order valence-electron chi connectivity index (χ1n) is 11.5. The molecule has 0 aliphatic carbocycles. The predicted molar refractivity (Wildman–Crippen MR) is 126 cm³/mol. The number of likely N-dealkylation sites (N-methyl/N-ethyl adjacent to an activating group) is 1. The van der Waals surface area contributed by atoms with Crippen LogP contribution in [0.4, 0.5) is 25.0 Å². The van der Waals surface area contributed by atoms with Crippen molar-refractivity contribution < 1.29 is 32.7 Å². The molecule has 3 rings (SSSR count). The van der Waals surface area contributed by atoms with Crippen molar-refractivity contribution in [1.29, 1.82) is 0 Å². The highest BCUT2D eigenvalue weighted by atomic mass is 19.3. The Bertz CT molecular complexity index is 1010.